The first-order valence-corrected chi connectivity index (χ1v) is 10.1. The van der Waals surface area contributed by atoms with Gasteiger partial charge in [-0.15, -0.1) is 10.2 Å². The van der Waals surface area contributed by atoms with Crippen LogP contribution in [0.1, 0.15) is 6.42 Å². The topological polar surface area (TPSA) is 93.7 Å². The average molecular weight is 409 g/mol. The number of aromatic nitrogens is 2. The highest BCUT2D eigenvalue weighted by Crippen LogP contribution is 2.29. The van der Waals surface area contributed by atoms with Crippen LogP contribution in [-0.4, -0.2) is 55.1 Å². The number of nitrogens with zero attached hydrogens (tertiary/aromatic N) is 3. The Morgan fingerprint density at radius 3 is 2.81 bits per heavy atom. The van der Waals surface area contributed by atoms with Gasteiger partial charge in [-0.25, -0.2) is 0 Å². The van der Waals surface area contributed by atoms with Crippen LogP contribution in [0.3, 0.4) is 0 Å². The molecule has 0 unspecified atom stereocenters. The zero-order valence-electron chi connectivity index (χ0n) is 15.0. The number of hydrogen-bond donors (Lipinski definition) is 1. The number of methoxy groups -OCH3 is 2. The lowest BCUT2D eigenvalue weighted by Crippen LogP contribution is -2.28. The number of thioether (sulfide) groups is 1. The number of ether oxygens (including phenoxy) is 2. The van der Waals surface area contributed by atoms with Gasteiger partial charge in [0.25, 0.3) is 0 Å². The summed E-state index contributed by atoms with van der Waals surface area (Å²) in [5.41, 5.74) is 0.754. The summed E-state index contributed by atoms with van der Waals surface area (Å²) in [6, 6.07) is 7.20. The van der Waals surface area contributed by atoms with Gasteiger partial charge in [-0.1, -0.05) is 23.1 Å². The summed E-state index contributed by atoms with van der Waals surface area (Å²) in [5.74, 6) is 0.771. The van der Waals surface area contributed by atoms with Gasteiger partial charge in [0.15, 0.2) is 4.34 Å². The highest BCUT2D eigenvalue weighted by molar-refractivity contribution is 8.01. The number of benzene rings is 1. The van der Waals surface area contributed by atoms with Gasteiger partial charge in [0.2, 0.25) is 16.9 Å². The first-order chi connectivity index (χ1) is 13.1. The summed E-state index contributed by atoms with van der Waals surface area (Å²) in [6.45, 7) is 0.961. The van der Waals surface area contributed by atoms with E-state index in [9.17, 15) is 9.59 Å². The molecule has 10 heteroatoms. The van der Waals surface area contributed by atoms with Gasteiger partial charge in [0.05, 0.1) is 19.6 Å². The smallest absolute Gasteiger partial charge is 0.231 e. The van der Waals surface area contributed by atoms with Crippen LogP contribution in [0, 0.1) is 5.92 Å². The van der Waals surface area contributed by atoms with E-state index in [2.05, 4.69) is 15.5 Å². The number of hydrogen-bond acceptors (Lipinski definition) is 8. The van der Waals surface area contributed by atoms with Crippen LogP contribution in [0.5, 0.6) is 5.75 Å². The Morgan fingerprint density at radius 2 is 2.11 bits per heavy atom. The molecule has 1 fully saturated rings. The molecule has 0 aliphatic carbocycles. The minimum absolute atomic E-state index is 0.0756. The number of anilines is 2. The molecule has 1 N–H and O–H groups in total. The summed E-state index contributed by atoms with van der Waals surface area (Å²) >= 11 is 2.84. The van der Waals surface area contributed by atoms with Crippen LogP contribution in [0.25, 0.3) is 0 Å². The molecule has 1 aliphatic rings. The fraction of sp³-hybridized carbons (Fsp3) is 0.412. The number of rotatable bonds is 8. The fourth-order valence-corrected chi connectivity index (χ4v) is 4.36. The molecular weight excluding hydrogens is 388 g/mol. The number of carbonyl (C=O) groups excluding carboxylic acids is 2. The Balaban J connectivity index is 1.57. The molecule has 1 atom stereocenters. The van der Waals surface area contributed by atoms with Crippen LogP contribution in [0.4, 0.5) is 10.8 Å². The van der Waals surface area contributed by atoms with E-state index in [0.29, 0.717) is 18.3 Å². The highest BCUT2D eigenvalue weighted by Gasteiger charge is 2.35. The molecule has 0 saturated carbocycles. The lowest BCUT2D eigenvalue weighted by Gasteiger charge is -2.16. The predicted octanol–water partition coefficient (Wildman–Crippen LogP) is 2.28. The molecule has 0 spiro atoms. The minimum atomic E-state index is -0.423. The molecule has 1 saturated heterocycles. The number of nitrogens with one attached hydrogen (secondary N) is 1. The maximum Gasteiger partial charge on any atom is 0.231 e. The van der Waals surface area contributed by atoms with E-state index < -0.39 is 5.92 Å². The molecule has 27 heavy (non-hydrogen) atoms. The molecule has 8 nitrogen and oxygen atoms in total. The molecule has 0 radical (unpaired) electrons. The molecule has 2 heterocycles. The van der Waals surface area contributed by atoms with Gasteiger partial charge in [-0.05, 0) is 24.3 Å². The van der Waals surface area contributed by atoms with Gasteiger partial charge >= 0.3 is 0 Å². The van der Waals surface area contributed by atoms with Crippen molar-refractivity contribution in [3.8, 4) is 5.75 Å². The summed E-state index contributed by atoms with van der Waals surface area (Å²) in [7, 11) is 3.23. The van der Waals surface area contributed by atoms with E-state index in [1.165, 1.54) is 23.1 Å². The Bertz CT molecular complexity index is 796. The number of amides is 2. The molecule has 3 rings (SSSR count). The molecule has 2 aromatic rings. The van der Waals surface area contributed by atoms with Crippen LogP contribution in [0.15, 0.2) is 28.6 Å². The molecular formula is C17H20N4O4S2. The van der Waals surface area contributed by atoms with Crippen molar-refractivity contribution in [3.05, 3.63) is 24.3 Å². The fourth-order valence-electron chi connectivity index (χ4n) is 2.63. The van der Waals surface area contributed by atoms with Crippen molar-refractivity contribution in [2.45, 2.75) is 10.8 Å². The number of carbonyl (C=O) groups is 2. The van der Waals surface area contributed by atoms with Crippen LogP contribution >= 0.6 is 23.1 Å². The van der Waals surface area contributed by atoms with Crippen molar-refractivity contribution >= 4 is 45.7 Å². The monoisotopic (exact) mass is 408 g/mol. The molecule has 2 amide bonds. The van der Waals surface area contributed by atoms with Gasteiger partial charge in [-0.3, -0.25) is 9.59 Å². The second-order valence-corrected chi connectivity index (χ2v) is 8.13. The second kappa shape index (κ2) is 9.16. The van der Waals surface area contributed by atoms with E-state index in [-0.39, 0.29) is 18.2 Å². The van der Waals surface area contributed by atoms with Crippen LogP contribution in [0.2, 0.25) is 0 Å². The largest absolute Gasteiger partial charge is 0.497 e. The van der Waals surface area contributed by atoms with E-state index in [1.54, 1.807) is 31.3 Å². The van der Waals surface area contributed by atoms with E-state index >= 15 is 0 Å². The third-order valence-corrected chi connectivity index (χ3v) is 5.97. The Labute approximate surface area is 165 Å². The maximum absolute atomic E-state index is 12.5. The third kappa shape index (κ3) is 4.96. The van der Waals surface area contributed by atoms with Gasteiger partial charge in [0.1, 0.15) is 5.75 Å². The Morgan fingerprint density at radius 1 is 1.33 bits per heavy atom. The van der Waals surface area contributed by atoms with Crippen molar-refractivity contribution in [2.24, 2.45) is 5.92 Å². The van der Waals surface area contributed by atoms with Crippen LogP contribution < -0.4 is 15.0 Å². The lowest BCUT2D eigenvalue weighted by molar-refractivity contribution is -0.122. The molecule has 144 valence electrons. The average Bonchev–Trinajstić information content (AvgIpc) is 3.28. The highest BCUT2D eigenvalue weighted by atomic mass is 32.2. The molecule has 0 bridgehead atoms. The van der Waals surface area contributed by atoms with Gasteiger partial charge in [0, 0.05) is 31.5 Å². The normalized spacial score (nSPS) is 16.6. The first kappa shape index (κ1) is 19.6. The van der Waals surface area contributed by atoms with Crippen molar-refractivity contribution in [1.82, 2.24) is 10.2 Å². The van der Waals surface area contributed by atoms with E-state index in [1.807, 2.05) is 12.1 Å². The quantitative estimate of drug-likeness (QED) is 0.407. The lowest BCUT2D eigenvalue weighted by atomic mass is 10.1. The van der Waals surface area contributed by atoms with Gasteiger partial charge in [-0.2, -0.15) is 0 Å². The maximum atomic E-state index is 12.5. The summed E-state index contributed by atoms with van der Waals surface area (Å²) < 4.78 is 10.9. The first-order valence-electron chi connectivity index (χ1n) is 8.31. The summed E-state index contributed by atoms with van der Waals surface area (Å²) in [4.78, 5) is 26.5. The molecule has 1 aromatic heterocycles. The molecule has 1 aliphatic heterocycles. The SMILES string of the molecule is COCCSc1nnc(NC(=O)[C@@H]2CC(=O)N(c3ccc(OC)cc3)C2)s1. The van der Waals surface area contributed by atoms with Gasteiger partial charge < -0.3 is 19.7 Å². The van der Waals surface area contributed by atoms with E-state index in [4.69, 9.17) is 9.47 Å². The van der Waals surface area contributed by atoms with Crippen molar-refractivity contribution in [2.75, 3.05) is 43.3 Å². The zero-order chi connectivity index (χ0) is 19.2. The summed E-state index contributed by atoms with van der Waals surface area (Å²) in [6.07, 6.45) is 0.173. The van der Waals surface area contributed by atoms with Crippen molar-refractivity contribution < 1.29 is 19.1 Å². The van der Waals surface area contributed by atoms with Crippen molar-refractivity contribution in [1.29, 1.82) is 0 Å². The third-order valence-electron chi connectivity index (χ3n) is 4.03. The Hall–Kier alpha value is -2.17. The molecule has 1 aromatic carbocycles. The summed E-state index contributed by atoms with van der Waals surface area (Å²) in [5, 5.41) is 11.2. The van der Waals surface area contributed by atoms with Crippen molar-refractivity contribution in [3.63, 3.8) is 0 Å². The zero-order valence-corrected chi connectivity index (χ0v) is 16.6. The standard InChI is InChI=1S/C17H20N4O4S2/c1-24-7-8-26-17-20-19-16(27-17)18-15(23)11-9-14(22)21(10-11)12-3-5-13(25-2)6-4-12/h3-6,11H,7-10H2,1-2H3,(H,18,19,23)/t11-/m1/s1. The second-order valence-electron chi connectivity index (χ2n) is 5.81. The van der Waals surface area contributed by atoms with Crippen LogP contribution in [-0.2, 0) is 14.3 Å². The minimum Gasteiger partial charge on any atom is -0.497 e. The van der Waals surface area contributed by atoms with E-state index in [0.717, 1.165) is 21.5 Å². The predicted molar refractivity (Wildman–Crippen MR) is 105 cm³/mol. The Kier molecular flexibility index (Phi) is 6.64.